The minimum Gasteiger partial charge on any atom is -0.383 e. The van der Waals surface area contributed by atoms with Gasteiger partial charge in [-0.15, -0.1) is 5.10 Å². The molecule has 196 valence electrons. The van der Waals surface area contributed by atoms with Crippen molar-refractivity contribution < 1.29 is 4.79 Å². The first-order valence-corrected chi connectivity index (χ1v) is 12.7. The van der Waals surface area contributed by atoms with Crippen LogP contribution in [0.4, 0.5) is 11.4 Å². The van der Waals surface area contributed by atoms with Crippen LogP contribution in [-0.2, 0) is 10.3 Å². The molecule has 39 heavy (non-hydrogen) atoms. The highest BCUT2D eigenvalue weighted by Gasteiger charge is 2.52. The Morgan fingerprint density at radius 1 is 1.18 bits per heavy atom. The molecule has 0 saturated heterocycles. The van der Waals surface area contributed by atoms with Crippen molar-refractivity contribution in [3.8, 4) is 12.1 Å². The van der Waals surface area contributed by atoms with Crippen LogP contribution in [0.1, 0.15) is 62.0 Å². The average molecular weight is 520 g/mol. The van der Waals surface area contributed by atoms with Crippen molar-refractivity contribution in [2.24, 2.45) is 11.1 Å². The van der Waals surface area contributed by atoms with Crippen LogP contribution in [0.25, 0.3) is 10.9 Å². The molecule has 1 aliphatic carbocycles. The maximum atomic E-state index is 12.1. The van der Waals surface area contributed by atoms with Gasteiger partial charge < -0.3 is 16.4 Å². The second-order valence-electron chi connectivity index (χ2n) is 11.1. The number of hydrogen-bond acceptors (Lipinski definition) is 8. The van der Waals surface area contributed by atoms with Crippen molar-refractivity contribution in [3.63, 3.8) is 0 Å². The van der Waals surface area contributed by atoms with E-state index in [0.717, 1.165) is 5.56 Å². The second kappa shape index (κ2) is 9.73. The molecule has 1 atom stereocenters. The molecule has 0 unspecified atom stereocenters. The smallest absolute Gasteiger partial charge is 0.245 e. The van der Waals surface area contributed by atoms with E-state index < -0.39 is 17.5 Å². The van der Waals surface area contributed by atoms with Gasteiger partial charge in [0.05, 0.1) is 46.3 Å². The van der Waals surface area contributed by atoms with Crippen molar-refractivity contribution in [2.45, 2.75) is 45.2 Å². The van der Waals surface area contributed by atoms with Gasteiger partial charge in [-0.3, -0.25) is 9.78 Å². The quantitative estimate of drug-likeness (QED) is 0.312. The molecule has 2 aromatic heterocycles. The van der Waals surface area contributed by atoms with Crippen LogP contribution in [0.15, 0.2) is 54.9 Å². The SMILES string of the molecule is CC(C)(C)CNc1c(C#N)cnc2c(N[C@@H](c3ccccc3)c3cn(C4(C(N)=O)CC4)nn3)cc(C#N)cc12. The number of anilines is 2. The normalized spacial score (nSPS) is 14.7. The Balaban J connectivity index is 1.63. The third kappa shape index (κ3) is 4.97. The average Bonchev–Trinajstić information content (AvgIpc) is 3.60. The van der Waals surface area contributed by atoms with Gasteiger partial charge >= 0.3 is 0 Å². The lowest BCUT2D eigenvalue weighted by Crippen LogP contribution is -2.34. The first kappa shape index (κ1) is 25.7. The highest BCUT2D eigenvalue weighted by atomic mass is 16.2. The number of nitrogens with zero attached hydrogens (tertiary/aromatic N) is 6. The lowest BCUT2D eigenvalue weighted by atomic mass is 9.96. The highest BCUT2D eigenvalue weighted by molar-refractivity contribution is 6.01. The summed E-state index contributed by atoms with van der Waals surface area (Å²) in [6.45, 7) is 6.93. The topological polar surface area (TPSA) is 158 Å². The van der Waals surface area contributed by atoms with Crippen molar-refractivity contribution >= 4 is 28.2 Å². The van der Waals surface area contributed by atoms with E-state index in [9.17, 15) is 15.3 Å². The molecular weight excluding hydrogens is 490 g/mol. The molecule has 1 fully saturated rings. The van der Waals surface area contributed by atoms with Gasteiger partial charge in [0, 0.05) is 18.1 Å². The molecule has 0 aliphatic heterocycles. The molecule has 4 aromatic rings. The summed E-state index contributed by atoms with van der Waals surface area (Å²) in [5.74, 6) is -0.427. The lowest BCUT2D eigenvalue weighted by Gasteiger charge is -2.23. The zero-order valence-electron chi connectivity index (χ0n) is 22.1. The van der Waals surface area contributed by atoms with E-state index in [0.29, 0.717) is 58.5 Å². The Morgan fingerprint density at radius 2 is 1.92 bits per heavy atom. The van der Waals surface area contributed by atoms with Gasteiger partial charge in [-0.2, -0.15) is 10.5 Å². The molecule has 2 heterocycles. The van der Waals surface area contributed by atoms with E-state index in [1.807, 2.05) is 30.3 Å². The summed E-state index contributed by atoms with van der Waals surface area (Å²) in [7, 11) is 0. The number of rotatable bonds is 8. The number of aromatic nitrogens is 4. The number of fused-ring (bicyclic) bond motifs is 1. The number of nitrogens with one attached hydrogen (secondary N) is 2. The summed E-state index contributed by atoms with van der Waals surface area (Å²) in [6, 6.07) is 17.2. The fraction of sp³-hybridized carbons (Fsp3) is 0.310. The number of amides is 1. The van der Waals surface area contributed by atoms with E-state index in [4.69, 9.17) is 5.73 Å². The number of benzene rings is 2. The van der Waals surface area contributed by atoms with Crippen LogP contribution >= 0.6 is 0 Å². The van der Waals surface area contributed by atoms with E-state index in [1.165, 1.54) is 0 Å². The van der Waals surface area contributed by atoms with Crippen molar-refractivity contribution in [1.29, 1.82) is 10.5 Å². The number of pyridine rings is 1. The van der Waals surface area contributed by atoms with Crippen LogP contribution in [0.2, 0.25) is 0 Å². The summed E-state index contributed by atoms with van der Waals surface area (Å²) < 4.78 is 1.55. The molecule has 2 aromatic carbocycles. The summed E-state index contributed by atoms with van der Waals surface area (Å²) >= 11 is 0. The third-order valence-electron chi connectivity index (χ3n) is 6.88. The van der Waals surface area contributed by atoms with E-state index in [1.54, 1.807) is 29.2 Å². The van der Waals surface area contributed by atoms with Gasteiger partial charge in [0.2, 0.25) is 5.91 Å². The fourth-order valence-electron chi connectivity index (χ4n) is 4.56. The van der Waals surface area contributed by atoms with Gasteiger partial charge in [0.1, 0.15) is 17.3 Å². The van der Waals surface area contributed by atoms with Crippen LogP contribution < -0.4 is 16.4 Å². The molecule has 10 heteroatoms. The molecule has 1 saturated carbocycles. The van der Waals surface area contributed by atoms with Crippen LogP contribution in [0.5, 0.6) is 0 Å². The van der Waals surface area contributed by atoms with Crippen molar-refractivity contribution in [3.05, 3.63) is 77.2 Å². The largest absolute Gasteiger partial charge is 0.383 e. The first-order valence-electron chi connectivity index (χ1n) is 12.7. The van der Waals surface area contributed by atoms with Gasteiger partial charge in [-0.25, -0.2) is 4.68 Å². The van der Waals surface area contributed by atoms with Crippen LogP contribution in [0, 0.1) is 28.1 Å². The van der Waals surface area contributed by atoms with Crippen LogP contribution in [0.3, 0.4) is 0 Å². The molecule has 0 radical (unpaired) electrons. The Bertz CT molecular complexity index is 1630. The molecule has 1 aliphatic rings. The number of primary amides is 1. The van der Waals surface area contributed by atoms with Crippen LogP contribution in [-0.4, -0.2) is 32.4 Å². The molecular formula is C29H29N9O. The predicted molar refractivity (Wildman–Crippen MR) is 147 cm³/mol. The maximum absolute atomic E-state index is 12.1. The molecule has 1 amide bonds. The monoisotopic (exact) mass is 519 g/mol. The summed E-state index contributed by atoms with van der Waals surface area (Å²) in [4.78, 5) is 16.7. The highest BCUT2D eigenvalue weighted by Crippen LogP contribution is 2.43. The fourth-order valence-corrected chi connectivity index (χ4v) is 4.56. The number of hydrogen-bond donors (Lipinski definition) is 3. The number of carbonyl (C=O) groups is 1. The van der Waals surface area contributed by atoms with Crippen molar-refractivity contribution in [2.75, 3.05) is 17.2 Å². The van der Waals surface area contributed by atoms with Crippen molar-refractivity contribution in [1.82, 2.24) is 20.0 Å². The third-order valence-corrected chi connectivity index (χ3v) is 6.88. The number of carbonyl (C=O) groups excluding carboxylic acids is 1. The molecule has 0 spiro atoms. The van der Waals surface area contributed by atoms with E-state index >= 15 is 0 Å². The zero-order chi connectivity index (χ0) is 27.8. The second-order valence-corrected chi connectivity index (χ2v) is 11.1. The lowest BCUT2D eigenvalue weighted by molar-refractivity contribution is -0.122. The molecule has 10 nitrogen and oxygen atoms in total. The van der Waals surface area contributed by atoms with E-state index in [2.05, 4.69) is 58.8 Å². The maximum Gasteiger partial charge on any atom is 0.245 e. The number of nitrogens with two attached hydrogens (primary N) is 1. The Labute approximate surface area is 226 Å². The van der Waals surface area contributed by atoms with Gasteiger partial charge in [0.25, 0.3) is 0 Å². The van der Waals surface area contributed by atoms with Gasteiger partial charge in [-0.05, 0) is 36.0 Å². The van der Waals surface area contributed by atoms with E-state index in [-0.39, 0.29) is 5.41 Å². The Hall–Kier alpha value is -4.96. The molecule has 5 rings (SSSR count). The number of nitriles is 2. The zero-order valence-corrected chi connectivity index (χ0v) is 22.1. The Morgan fingerprint density at radius 3 is 2.54 bits per heavy atom. The predicted octanol–water partition coefficient (Wildman–Crippen LogP) is 4.20. The molecule has 0 bridgehead atoms. The standard InChI is InChI=1S/C29H29N9O/c1-28(2,3)17-34-24-20(14-31)15-33-26-21(24)11-18(13-30)12-22(26)35-25(19-7-5-4-6-8-19)23-16-38(37-36-23)29(9-10-29)27(32)39/h4-8,11-12,15-16,25,35H,9-10,17H2,1-3H3,(H2,32,39)(H,33,34)/t25-/m0/s1. The van der Waals surface area contributed by atoms with Gasteiger partial charge in [0.15, 0.2) is 0 Å². The van der Waals surface area contributed by atoms with Gasteiger partial charge in [-0.1, -0.05) is 56.3 Å². The summed E-state index contributed by atoms with van der Waals surface area (Å²) in [5.41, 5.74) is 8.95. The minimum absolute atomic E-state index is 0.0374. The minimum atomic E-state index is -0.831. The Kier molecular flexibility index (Phi) is 6.41. The molecule has 4 N–H and O–H groups in total. The first-order chi connectivity index (χ1) is 18.6. The summed E-state index contributed by atoms with van der Waals surface area (Å²) in [6.07, 6.45) is 4.54. The summed E-state index contributed by atoms with van der Waals surface area (Å²) in [5, 5.41) is 35.9.